The molecule has 0 saturated heterocycles. The zero-order chi connectivity index (χ0) is 18.7. The fourth-order valence-electron chi connectivity index (χ4n) is 2.62. The highest BCUT2D eigenvalue weighted by atomic mass is 35.5. The maximum Gasteiger partial charge on any atom is 0.243 e. The first-order valence-electron chi connectivity index (χ1n) is 8.46. The third kappa shape index (κ3) is 4.63. The van der Waals surface area contributed by atoms with E-state index in [1.54, 1.807) is 0 Å². The topological polar surface area (TPSA) is 66.5 Å². The van der Waals surface area contributed by atoms with Gasteiger partial charge in [0.2, 0.25) is 15.9 Å². The molecule has 0 atom stereocenters. The summed E-state index contributed by atoms with van der Waals surface area (Å²) in [7, 11) is -3.83. The second kappa shape index (κ2) is 7.78. The van der Waals surface area contributed by atoms with Crippen LogP contribution in [-0.2, 0) is 21.4 Å². The van der Waals surface area contributed by atoms with Crippen molar-refractivity contribution in [3.8, 4) is 0 Å². The van der Waals surface area contributed by atoms with Gasteiger partial charge in [0.1, 0.15) is 0 Å². The molecular formula is C19H21ClN2O3S. The largest absolute Gasteiger partial charge is 0.352 e. The van der Waals surface area contributed by atoms with E-state index in [1.807, 2.05) is 31.2 Å². The van der Waals surface area contributed by atoms with Crippen molar-refractivity contribution in [2.75, 3.05) is 6.54 Å². The molecule has 3 rings (SSSR count). The Morgan fingerprint density at radius 2 is 1.81 bits per heavy atom. The molecule has 0 aliphatic heterocycles. The van der Waals surface area contributed by atoms with Crippen LogP contribution in [0.2, 0.25) is 5.02 Å². The van der Waals surface area contributed by atoms with Crippen molar-refractivity contribution in [1.29, 1.82) is 0 Å². The smallest absolute Gasteiger partial charge is 0.243 e. The van der Waals surface area contributed by atoms with Gasteiger partial charge >= 0.3 is 0 Å². The molecule has 1 saturated carbocycles. The maximum atomic E-state index is 13.1. The van der Waals surface area contributed by atoms with E-state index < -0.39 is 10.0 Å². The lowest BCUT2D eigenvalue weighted by molar-refractivity contribution is -0.121. The number of amides is 1. The number of aryl methyl sites for hydroxylation is 1. The molecule has 26 heavy (non-hydrogen) atoms. The van der Waals surface area contributed by atoms with Crippen LogP contribution in [0.5, 0.6) is 0 Å². The van der Waals surface area contributed by atoms with Gasteiger partial charge in [0.05, 0.1) is 11.4 Å². The quantitative estimate of drug-likeness (QED) is 0.787. The summed E-state index contributed by atoms with van der Waals surface area (Å²) in [4.78, 5) is 12.4. The first-order chi connectivity index (χ1) is 12.4. The molecule has 1 amide bonds. The van der Waals surface area contributed by atoms with E-state index in [4.69, 9.17) is 11.6 Å². The number of nitrogens with zero attached hydrogens (tertiary/aromatic N) is 1. The minimum absolute atomic E-state index is 0.120. The van der Waals surface area contributed by atoms with E-state index in [0.717, 1.165) is 24.0 Å². The Bertz CT molecular complexity index is 893. The Kier molecular flexibility index (Phi) is 5.65. The summed E-state index contributed by atoms with van der Waals surface area (Å²) >= 11 is 5.87. The SMILES string of the molecule is Cc1ccccc1CN(CC(=O)NC1CC1)S(=O)(=O)c1ccc(Cl)cc1. The van der Waals surface area contributed by atoms with Crippen LogP contribution in [0.1, 0.15) is 24.0 Å². The highest BCUT2D eigenvalue weighted by Gasteiger charge is 2.30. The maximum absolute atomic E-state index is 13.1. The number of benzene rings is 2. The standard InChI is InChI=1S/C19H21ClN2O3S/c1-14-4-2-3-5-15(14)12-22(13-19(23)21-17-8-9-17)26(24,25)18-10-6-16(20)7-11-18/h2-7,10-11,17H,8-9,12-13H2,1H3,(H,21,23). The first-order valence-corrected chi connectivity index (χ1v) is 10.3. The Balaban J connectivity index is 1.88. The van der Waals surface area contributed by atoms with Gasteiger partial charge in [0, 0.05) is 17.6 Å². The predicted octanol–water partition coefficient (Wildman–Crippen LogP) is 3.12. The minimum Gasteiger partial charge on any atom is -0.352 e. The van der Waals surface area contributed by atoms with E-state index in [2.05, 4.69) is 5.32 Å². The molecule has 0 aromatic heterocycles. The third-order valence-corrected chi connectivity index (χ3v) is 6.38. The second-order valence-electron chi connectivity index (χ2n) is 6.50. The lowest BCUT2D eigenvalue weighted by atomic mass is 10.1. The van der Waals surface area contributed by atoms with Gasteiger partial charge in [-0.05, 0) is 55.2 Å². The molecule has 2 aromatic rings. The van der Waals surface area contributed by atoms with E-state index >= 15 is 0 Å². The van der Waals surface area contributed by atoms with Crippen LogP contribution in [0.25, 0.3) is 0 Å². The molecule has 0 radical (unpaired) electrons. The summed E-state index contributed by atoms with van der Waals surface area (Å²) in [6, 6.07) is 13.7. The van der Waals surface area contributed by atoms with Crippen LogP contribution in [0.15, 0.2) is 53.4 Å². The number of hydrogen-bond acceptors (Lipinski definition) is 3. The Hall–Kier alpha value is -1.89. The van der Waals surface area contributed by atoms with Crippen molar-refractivity contribution in [2.24, 2.45) is 0 Å². The van der Waals surface area contributed by atoms with Crippen molar-refractivity contribution in [3.63, 3.8) is 0 Å². The van der Waals surface area contributed by atoms with Crippen LogP contribution in [-0.4, -0.2) is 31.2 Å². The minimum atomic E-state index is -3.83. The number of halogens is 1. The average molecular weight is 393 g/mol. The highest BCUT2D eigenvalue weighted by molar-refractivity contribution is 7.89. The molecule has 0 bridgehead atoms. The van der Waals surface area contributed by atoms with E-state index in [9.17, 15) is 13.2 Å². The van der Waals surface area contributed by atoms with Gasteiger partial charge in [0.25, 0.3) is 0 Å². The first kappa shape index (κ1) is 18.9. The molecule has 1 aliphatic carbocycles. The molecule has 138 valence electrons. The van der Waals surface area contributed by atoms with Crippen molar-refractivity contribution >= 4 is 27.5 Å². The van der Waals surface area contributed by atoms with Gasteiger partial charge in [-0.15, -0.1) is 0 Å². The summed E-state index contributed by atoms with van der Waals surface area (Å²) in [5.41, 5.74) is 1.84. The number of nitrogens with one attached hydrogen (secondary N) is 1. The van der Waals surface area contributed by atoms with Crippen LogP contribution < -0.4 is 5.32 Å². The lowest BCUT2D eigenvalue weighted by Crippen LogP contribution is -2.41. The molecule has 7 heteroatoms. The van der Waals surface area contributed by atoms with Crippen LogP contribution in [0.4, 0.5) is 0 Å². The normalized spacial score (nSPS) is 14.4. The van der Waals surface area contributed by atoms with Gasteiger partial charge in [-0.3, -0.25) is 4.79 Å². The van der Waals surface area contributed by atoms with Gasteiger partial charge in [-0.25, -0.2) is 8.42 Å². The molecule has 1 fully saturated rings. The number of rotatable bonds is 7. The summed E-state index contributed by atoms with van der Waals surface area (Å²) < 4.78 is 27.4. The molecule has 0 spiro atoms. The van der Waals surface area contributed by atoms with Crippen molar-refractivity contribution < 1.29 is 13.2 Å². The number of sulfonamides is 1. The highest BCUT2D eigenvalue weighted by Crippen LogP contribution is 2.22. The van der Waals surface area contributed by atoms with Gasteiger partial charge in [-0.2, -0.15) is 4.31 Å². The van der Waals surface area contributed by atoms with Crippen LogP contribution in [0.3, 0.4) is 0 Å². The molecule has 0 heterocycles. The molecule has 1 N–H and O–H groups in total. The van der Waals surface area contributed by atoms with Gasteiger partial charge in [-0.1, -0.05) is 35.9 Å². The van der Waals surface area contributed by atoms with Gasteiger partial charge in [0.15, 0.2) is 0 Å². The average Bonchev–Trinajstić information content (AvgIpc) is 3.40. The van der Waals surface area contributed by atoms with E-state index in [1.165, 1.54) is 28.6 Å². The van der Waals surface area contributed by atoms with Crippen molar-refractivity contribution in [1.82, 2.24) is 9.62 Å². The zero-order valence-corrected chi connectivity index (χ0v) is 16.1. The van der Waals surface area contributed by atoms with E-state index in [-0.39, 0.29) is 29.9 Å². The van der Waals surface area contributed by atoms with Crippen molar-refractivity contribution in [3.05, 3.63) is 64.7 Å². The number of carbonyl (C=O) groups is 1. The van der Waals surface area contributed by atoms with Gasteiger partial charge < -0.3 is 5.32 Å². The molecule has 2 aromatic carbocycles. The monoisotopic (exact) mass is 392 g/mol. The van der Waals surface area contributed by atoms with E-state index in [0.29, 0.717) is 5.02 Å². The number of hydrogen-bond donors (Lipinski definition) is 1. The molecule has 5 nitrogen and oxygen atoms in total. The Morgan fingerprint density at radius 1 is 1.15 bits per heavy atom. The lowest BCUT2D eigenvalue weighted by Gasteiger charge is -2.23. The molecular weight excluding hydrogens is 372 g/mol. The summed E-state index contributed by atoms with van der Waals surface area (Å²) in [5, 5.41) is 3.31. The summed E-state index contributed by atoms with van der Waals surface area (Å²) in [5.74, 6) is -0.279. The predicted molar refractivity (Wildman–Crippen MR) is 101 cm³/mol. The zero-order valence-electron chi connectivity index (χ0n) is 14.5. The van der Waals surface area contributed by atoms with Crippen molar-refractivity contribution in [2.45, 2.75) is 37.2 Å². The van der Waals surface area contributed by atoms with Crippen LogP contribution in [0, 0.1) is 6.92 Å². The summed E-state index contributed by atoms with van der Waals surface area (Å²) in [6.07, 6.45) is 1.90. The second-order valence-corrected chi connectivity index (χ2v) is 8.87. The fourth-order valence-corrected chi connectivity index (χ4v) is 4.12. The Labute approximate surface area is 159 Å². The third-order valence-electron chi connectivity index (χ3n) is 4.32. The number of carbonyl (C=O) groups excluding carboxylic acids is 1. The molecule has 0 unspecified atom stereocenters. The van der Waals surface area contributed by atoms with Crippen LogP contribution >= 0.6 is 11.6 Å². The fraction of sp³-hybridized carbons (Fsp3) is 0.316. The summed E-state index contributed by atoms with van der Waals surface area (Å²) in [6.45, 7) is 1.85. The Morgan fingerprint density at radius 3 is 2.42 bits per heavy atom. The molecule has 1 aliphatic rings.